The van der Waals surface area contributed by atoms with E-state index in [-0.39, 0.29) is 11.7 Å². The van der Waals surface area contributed by atoms with Crippen molar-refractivity contribution in [1.29, 1.82) is 5.41 Å². The molecule has 2 nitrogen and oxygen atoms in total. The molecule has 0 saturated carbocycles. The first-order valence-electron chi connectivity index (χ1n) is 4.29. The van der Waals surface area contributed by atoms with Crippen molar-refractivity contribution in [2.45, 2.75) is 13.3 Å². The molecule has 68 valence electrons. The van der Waals surface area contributed by atoms with Crippen molar-refractivity contribution in [2.75, 3.05) is 0 Å². The van der Waals surface area contributed by atoms with E-state index in [4.69, 9.17) is 5.41 Å². The summed E-state index contributed by atoms with van der Waals surface area (Å²) < 4.78 is 0. The maximum Gasteiger partial charge on any atom is 0.138 e. The lowest BCUT2D eigenvalue weighted by atomic mass is 9.97. The van der Waals surface area contributed by atoms with Crippen molar-refractivity contribution < 1.29 is 4.79 Å². The predicted octanol–water partition coefficient (Wildman–Crippen LogP) is 2.08. The molecule has 0 saturated heterocycles. The quantitative estimate of drug-likeness (QED) is 0.699. The number of ketones is 1. The van der Waals surface area contributed by atoms with Crippen LogP contribution in [0.15, 0.2) is 30.3 Å². The third-order valence-electron chi connectivity index (χ3n) is 2.02. The van der Waals surface area contributed by atoms with Crippen LogP contribution in [0.1, 0.15) is 12.5 Å². The van der Waals surface area contributed by atoms with Gasteiger partial charge in [0.15, 0.2) is 0 Å². The fourth-order valence-electron chi connectivity index (χ4n) is 1.19. The summed E-state index contributed by atoms with van der Waals surface area (Å²) in [4.78, 5) is 11.0. The zero-order chi connectivity index (χ0) is 9.68. The molecule has 0 bridgehead atoms. The minimum absolute atomic E-state index is 0.0545. The number of nitrogens with one attached hydrogen (secondary N) is 1. The summed E-state index contributed by atoms with van der Waals surface area (Å²) in [5.74, 6) is -0.207. The van der Waals surface area contributed by atoms with Gasteiger partial charge in [-0.05, 0) is 18.9 Å². The van der Waals surface area contributed by atoms with Crippen LogP contribution in [0.4, 0.5) is 0 Å². The van der Waals surface area contributed by atoms with Gasteiger partial charge >= 0.3 is 0 Å². The Morgan fingerprint density at radius 1 is 1.46 bits per heavy atom. The molecule has 2 heteroatoms. The molecule has 0 amide bonds. The summed E-state index contributed by atoms with van der Waals surface area (Å²) in [6.07, 6.45) is 1.86. The van der Waals surface area contributed by atoms with Crippen LogP contribution in [0.3, 0.4) is 0 Å². The molecular weight excluding hydrogens is 162 g/mol. The topological polar surface area (TPSA) is 40.9 Å². The highest BCUT2D eigenvalue weighted by Crippen LogP contribution is 2.07. The van der Waals surface area contributed by atoms with Crippen molar-refractivity contribution in [3.05, 3.63) is 35.9 Å². The van der Waals surface area contributed by atoms with Gasteiger partial charge in [-0.2, -0.15) is 0 Å². The largest absolute Gasteiger partial charge is 0.312 e. The smallest absolute Gasteiger partial charge is 0.138 e. The first kappa shape index (κ1) is 9.65. The number of hydrogen-bond acceptors (Lipinski definition) is 2. The SMILES string of the molecule is CC(=O)[C@@H](C=N)Cc1ccccc1. The first-order valence-corrected chi connectivity index (χ1v) is 4.29. The summed E-state index contributed by atoms with van der Waals surface area (Å²) in [7, 11) is 0. The first-order chi connectivity index (χ1) is 6.24. The number of Topliss-reactive ketones (excluding diaryl/α,β-unsaturated/α-hetero) is 1. The lowest BCUT2D eigenvalue weighted by molar-refractivity contribution is -0.118. The Kier molecular flexibility index (Phi) is 3.38. The van der Waals surface area contributed by atoms with Gasteiger partial charge < -0.3 is 5.41 Å². The molecule has 1 rings (SSSR count). The maximum absolute atomic E-state index is 11.0. The second kappa shape index (κ2) is 4.55. The minimum Gasteiger partial charge on any atom is -0.312 e. The van der Waals surface area contributed by atoms with Gasteiger partial charge in [0.25, 0.3) is 0 Å². The van der Waals surface area contributed by atoms with Gasteiger partial charge in [-0.15, -0.1) is 0 Å². The normalized spacial score (nSPS) is 12.1. The second-order valence-corrected chi connectivity index (χ2v) is 3.07. The van der Waals surface area contributed by atoms with Crippen LogP contribution in [-0.4, -0.2) is 12.0 Å². The van der Waals surface area contributed by atoms with Crippen molar-refractivity contribution in [1.82, 2.24) is 0 Å². The van der Waals surface area contributed by atoms with Gasteiger partial charge in [-0.3, -0.25) is 4.79 Å². The van der Waals surface area contributed by atoms with Gasteiger partial charge in [-0.1, -0.05) is 30.3 Å². The molecule has 0 aliphatic heterocycles. The Labute approximate surface area is 78.1 Å². The summed E-state index contributed by atoms with van der Waals surface area (Å²) in [6.45, 7) is 1.53. The Hall–Kier alpha value is -1.44. The van der Waals surface area contributed by atoms with Crippen molar-refractivity contribution in [3.8, 4) is 0 Å². The van der Waals surface area contributed by atoms with Crippen molar-refractivity contribution in [3.63, 3.8) is 0 Å². The Bertz CT molecular complexity index is 292. The Balaban J connectivity index is 2.67. The molecule has 13 heavy (non-hydrogen) atoms. The molecule has 1 N–H and O–H groups in total. The lowest BCUT2D eigenvalue weighted by Crippen LogP contribution is -2.14. The van der Waals surface area contributed by atoms with Crippen LogP contribution < -0.4 is 0 Å². The molecule has 0 unspecified atom stereocenters. The Morgan fingerprint density at radius 3 is 2.54 bits per heavy atom. The molecule has 1 atom stereocenters. The fourth-order valence-corrected chi connectivity index (χ4v) is 1.19. The standard InChI is InChI=1S/C11H13NO/c1-9(13)11(8-12)7-10-5-3-2-4-6-10/h2-6,8,11-12H,7H2,1H3/t11-/m1/s1. The number of carbonyl (C=O) groups excluding carboxylic acids is 1. The van der Waals surface area contributed by atoms with Gasteiger partial charge in [0.05, 0.1) is 5.92 Å². The lowest BCUT2D eigenvalue weighted by Gasteiger charge is -2.06. The van der Waals surface area contributed by atoms with Gasteiger partial charge in [0, 0.05) is 6.21 Å². The monoisotopic (exact) mass is 175 g/mol. The highest BCUT2D eigenvalue weighted by atomic mass is 16.1. The highest BCUT2D eigenvalue weighted by Gasteiger charge is 2.10. The van der Waals surface area contributed by atoms with Gasteiger partial charge in [-0.25, -0.2) is 0 Å². The predicted molar refractivity (Wildman–Crippen MR) is 53.1 cm³/mol. The zero-order valence-corrected chi connectivity index (χ0v) is 7.66. The number of carbonyl (C=O) groups is 1. The van der Waals surface area contributed by atoms with E-state index in [1.807, 2.05) is 30.3 Å². The molecule has 0 aliphatic rings. The van der Waals surface area contributed by atoms with E-state index in [1.54, 1.807) is 0 Å². The maximum atomic E-state index is 11.0. The fraction of sp³-hybridized carbons (Fsp3) is 0.273. The van der Waals surface area contributed by atoms with Gasteiger partial charge in [0.1, 0.15) is 5.78 Å². The van der Waals surface area contributed by atoms with E-state index in [9.17, 15) is 4.79 Å². The van der Waals surface area contributed by atoms with Crippen molar-refractivity contribution >= 4 is 12.0 Å². The Morgan fingerprint density at radius 2 is 2.08 bits per heavy atom. The summed E-state index contributed by atoms with van der Waals surface area (Å²) in [5, 5.41) is 7.09. The molecule has 0 spiro atoms. The zero-order valence-electron chi connectivity index (χ0n) is 7.66. The van der Waals surface area contributed by atoms with E-state index in [0.717, 1.165) is 5.56 Å². The van der Waals surface area contributed by atoms with E-state index in [1.165, 1.54) is 13.1 Å². The van der Waals surface area contributed by atoms with Crippen LogP contribution in [0.2, 0.25) is 0 Å². The number of hydrogen-bond donors (Lipinski definition) is 1. The van der Waals surface area contributed by atoms with E-state index < -0.39 is 0 Å². The minimum atomic E-state index is -0.262. The van der Waals surface area contributed by atoms with Crippen molar-refractivity contribution in [2.24, 2.45) is 5.92 Å². The number of rotatable bonds is 4. The van der Waals surface area contributed by atoms with Crippen LogP contribution in [0, 0.1) is 11.3 Å². The molecule has 0 aliphatic carbocycles. The van der Waals surface area contributed by atoms with Crippen LogP contribution >= 0.6 is 0 Å². The number of benzene rings is 1. The molecule has 0 fully saturated rings. The van der Waals surface area contributed by atoms with E-state index in [0.29, 0.717) is 6.42 Å². The third kappa shape index (κ3) is 2.82. The van der Waals surface area contributed by atoms with Crippen LogP contribution in [0.5, 0.6) is 0 Å². The molecule has 0 heterocycles. The average Bonchev–Trinajstić information content (AvgIpc) is 2.15. The summed E-state index contributed by atoms with van der Waals surface area (Å²) in [5.41, 5.74) is 1.10. The van der Waals surface area contributed by atoms with E-state index in [2.05, 4.69) is 0 Å². The molecule has 0 aromatic heterocycles. The molecule has 1 aromatic rings. The van der Waals surface area contributed by atoms with Crippen LogP contribution in [0.25, 0.3) is 0 Å². The van der Waals surface area contributed by atoms with Gasteiger partial charge in [0.2, 0.25) is 0 Å². The van der Waals surface area contributed by atoms with Crippen LogP contribution in [-0.2, 0) is 11.2 Å². The highest BCUT2D eigenvalue weighted by molar-refractivity contribution is 5.92. The third-order valence-corrected chi connectivity index (χ3v) is 2.02. The summed E-state index contributed by atoms with van der Waals surface area (Å²) >= 11 is 0. The molecule has 0 radical (unpaired) electrons. The molecular formula is C11H13NO. The second-order valence-electron chi connectivity index (χ2n) is 3.07. The average molecular weight is 175 g/mol. The van der Waals surface area contributed by atoms with E-state index >= 15 is 0 Å². The molecule has 1 aromatic carbocycles. The summed E-state index contributed by atoms with van der Waals surface area (Å²) in [6, 6.07) is 9.77.